The second-order valence-electron chi connectivity index (χ2n) is 8.48. The standard InChI is InChI=1S/C27H30N2/c1-19(2)18-22-14-16-23(17-15-22)20(3)27-28-25-12-8-9-13-26(25)29(27)21(4)24-10-6-5-7-11-24/h5-17,19-21H,18H2,1-4H3/t20-,21+/m0/s1. The predicted octanol–water partition coefficient (Wildman–Crippen LogP) is 7.00. The molecule has 0 aliphatic rings. The lowest BCUT2D eigenvalue weighted by Gasteiger charge is -2.21. The predicted molar refractivity (Wildman–Crippen MR) is 122 cm³/mol. The van der Waals surface area contributed by atoms with Gasteiger partial charge in [0.05, 0.1) is 17.1 Å². The van der Waals surface area contributed by atoms with Gasteiger partial charge in [0.1, 0.15) is 5.82 Å². The van der Waals surface area contributed by atoms with Crippen LogP contribution >= 0.6 is 0 Å². The van der Waals surface area contributed by atoms with Crippen LogP contribution in [0.3, 0.4) is 0 Å². The fourth-order valence-corrected chi connectivity index (χ4v) is 4.22. The molecule has 0 bridgehead atoms. The highest BCUT2D eigenvalue weighted by Crippen LogP contribution is 2.32. The van der Waals surface area contributed by atoms with E-state index in [9.17, 15) is 0 Å². The Labute approximate surface area is 174 Å². The molecule has 3 aromatic carbocycles. The molecule has 0 aliphatic carbocycles. The number of aromatic nitrogens is 2. The fourth-order valence-electron chi connectivity index (χ4n) is 4.22. The van der Waals surface area contributed by atoms with Crippen molar-refractivity contribution in [1.29, 1.82) is 0 Å². The first-order valence-electron chi connectivity index (χ1n) is 10.6. The van der Waals surface area contributed by atoms with E-state index in [1.165, 1.54) is 22.2 Å². The molecule has 29 heavy (non-hydrogen) atoms. The summed E-state index contributed by atoms with van der Waals surface area (Å²) in [6.45, 7) is 9.08. The molecule has 0 unspecified atom stereocenters. The van der Waals surface area contributed by atoms with E-state index >= 15 is 0 Å². The van der Waals surface area contributed by atoms with E-state index < -0.39 is 0 Å². The summed E-state index contributed by atoms with van der Waals surface area (Å²) in [5.74, 6) is 2.02. The van der Waals surface area contributed by atoms with Gasteiger partial charge in [0.25, 0.3) is 0 Å². The van der Waals surface area contributed by atoms with Crippen LogP contribution < -0.4 is 0 Å². The van der Waals surface area contributed by atoms with E-state index in [2.05, 4.69) is 111 Å². The van der Waals surface area contributed by atoms with Crippen molar-refractivity contribution >= 4 is 11.0 Å². The maximum Gasteiger partial charge on any atom is 0.117 e. The van der Waals surface area contributed by atoms with Crippen molar-refractivity contribution in [3.05, 3.63) is 101 Å². The lowest BCUT2D eigenvalue weighted by atomic mass is 9.96. The molecule has 2 nitrogen and oxygen atoms in total. The van der Waals surface area contributed by atoms with Crippen LogP contribution in [-0.2, 0) is 6.42 Å². The largest absolute Gasteiger partial charge is 0.320 e. The van der Waals surface area contributed by atoms with Gasteiger partial charge in [-0.25, -0.2) is 4.98 Å². The van der Waals surface area contributed by atoms with E-state index in [1.54, 1.807) is 0 Å². The van der Waals surface area contributed by atoms with Crippen LogP contribution in [0.15, 0.2) is 78.9 Å². The molecule has 0 saturated heterocycles. The summed E-state index contributed by atoms with van der Waals surface area (Å²) < 4.78 is 2.41. The number of imidazole rings is 1. The summed E-state index contributed by atoms with van der Waals surface area (Å²) in [5.41, 5.74) is 6.28. The van der Waals surface area contributed by atoms with Crippen LogP contribution in [0.4, 0.5) is 0 Å². The third kappa shape index (κ3) is 3.98. The highest BCUT2D eigenvalue weighted by atomic mass is 15.1. The Morgan fingerprint density at radius 1 is 0.724 bits per heavy atom. The molecule has 0 amide bonds. The first-order valence-corrected chi connectivity index (χ1v) is 10.6. The molecule has 0 N–H and O–H groups in total. The van der Waals surface area contributed by atoms with Gasteiger partial charge < -0.3 is 4.57 Å². The third-order valence-corrected chi connectivity index (χ3v) is 5.80. The molecule has 2 atom stereocenters. The maximum atomic E-state index is 5.07. The van der Waals surface area contributed by atoms with Gasteiger partial charge in [0, 0.05) is 5.92 Å². The van der Waals surface area contributed by atoms with E-state index in [0.717, 1.165) is 17.8 Å². The molecule has 1 aromatic heterocycles. The minimum atomic E-state index is 0.223. The fraction of sp³-hybridized carbons (Fsp3) is 0.296. The highest BCUT2D eigenvalue weighted by Gasteiger charge is 2.22. The Kier molecular flexibility index (Phi) is 5.53. The minimum absolute atomic E-state index is 0.223. The molecule has 0 spiro atoms. The van der Waals surface area contributed by atoms with Crippen molar-refractivity contribution in [2.75, 3.05) is 0 Å². The maximum absolute atomic E-state index is 5.07. The number of benzene rings is 3. The van der Waals surface area contributed by atoms with Crippen molar-refractivity contribution in [3.63, 3.8) is 0 Å². The zero-order valence-electron chi connectivity index (χ0n) is 17.8. The lowest BCUT2D eigenvalue weighted by molar-refractivity contribution is 0.603. The van der Waals surface area contributed by atoms with Crippen molar-refractivity contribution in [2.45, 2.75) is 46.1 Å². The van der Waals surface area contributed by atoms with Crippen LogP contribution in [-0.4, -0.2) is 9.55 Å². The van der Waals surface area contributed by atoms with Crippen LogP contribution in [0.1, 0.15) is 62.2 Å². The summed E-state index contributed by atoms with van der Waals surface area (Å²) in [6.07, 6.45) is 1.12. The monoisotopic (exact) mass is 382 g/mol. The second kappa shape index (κ2) is 8.24. The number of hydrogen-bond donors (Lipinski definition) is 0. The van der Waals surface area contributed by atoms with Crippen molar-refractivity contribution in [1.82, 2.24) is 9.55 Å². The Morgan fingerprint density at radius 2 is 1.38 bits per heavy atom. The Bertz CT molecular complexity index is 1070. The van der Waals surface area contributed by atoms with Gasteiger partial charge in [-0.3, -0.25) is 0 Å². The SMILES string of the molecule is CC(C)Cc1ccc([C@H](C)c2nc3ccccc3n2[C@H](C)c2ccccc2)cc1. The molecule has 2 heteroatoms. The summed E-state index contributed by atoms with van der Waals surface area (Å²) in [4.78, 5) is 5.07. The van der Waals surface area contributed by atoms with Gasteiger partial charge >= 0.3 is 0 Å². The van der Waals surface area contributed by atoms with E-state index in [0.29, 0.717) is 5.92 Å². The van der Waals surface area contributed by atoms with Gasteiger partial charge in [-0.2, -0.15) is 0 Å². The van der Waals surface area contributed by atoms with Crippen molar-refractivity contribution in [3.8, 4) is 0 Å². The molecule has 0 radical (unpaired) electrons. The van der Waals surface area contributed by atoms with Crippen LogP contribution in [0.5, 0.6) is 0 Å². The van der Waals surface area contributed by atoms with E-state index in [1.807, 2.05) is 0 Å². The van der Waals surface area contributed by atoms with Gasteiger partial charge in [0.15, 0.2) is 0 Å². The zero-order valence-corrected chi connectivity index (χ0v) is 17.8. The molecular weight excluding hydrogens is 352 g/mol. The third-order valence-electron chi connectivity index (χ3n) is 5.80. The summed E-state index contributed by atoms with van der Waals surface area (Å²) in [5, 5.41) is 0. The average Bonchev–Trinajstić information content (AvgIpc) is 3.13. The van der Waals surface area contributed by atoms with Crippen LogP contribution in [0.25, 0.3) is 11.0 Å². The molecule has 0 saturated carbocycles. The Hall–Kier alpha value is -2.87. The number of rotatable bonds is 6. The Morgan fingerprint density at radius 3 is 2.07 bits per heavy atom. The van der Waals surface area contributed by atoms with Crippen LogP contribution in [0, 0.1) is 5.92 Å². The molecular formula is C27H30N2. The summed E-state index contributed by atoms with van der Waals surface area (Å²) >= 11 is 0. The van der Waals surface area contributed by atoms with Crippen LogP contribution in [0.2, 0.25) is 0 Å². The molecule has 148 valence electrons. The van der Waals surface area contributed by atoms with Gasteiger partial charge in [-0.05, 0) is 48.1 Å². The molecule has 0 fully saturated rings. The van der Waals surface area contributed by atoms with E-state index in [-0.39, 0.29) is 12.0 Å². The topological polar surface area (TPSA) is 17.8 Å². The summed E-state index contributed by atoms with van der Waals surface area (Å²) in [7, 11) is 0. The zero-order chi connectivity index (χ0) is 20.4. The minimum Gasteiger partial charge on any atom is -0.320 e. The molecule has 1 heterocycles. The second-order valence-corrected chi connectivity index (χ2v) is 8.48. The quantitative estimate of drug-likeness (QED) is 0.351. The number of para-hydroxylation sites is 2. The number of fused-ring (bicyclic) bond motifs is 1. The number of hydrogen-bond acceptors (Lipinski definition) is 1. The van der Waals surface area contributed by atoms with Gasteiger partial charge in [-0.15, -0.1) is 0 Å². The van der Waals surface area contributed by atoms with Crippen molar-refractivity contribution in [2.24, 2.45) is 5.92 Å². The summed E-state index contributed by atoms with van der Waals surface area (Å²) in [6, 6.07) is 28.5. The molecule has 0 aliphatic heterocycles. The highest BCUT2D eigenvalue weighted by molar-refractivity contribution is 5.76. The van der Waals surface area contributed by atoms with Gasteiger partial charge in [-0.1, -0.05) is 87.5 Å². The molecule has 4 rings (SSSR count). The Balaban J connectivity index is 1.77. The van der Waals surface area contributed by atoms with Gasteiger partial charge in [0.2, 0.25) is 0 Å². The average molecular weight is 383 g/mol. The van der Waals surface area contributed by atoms with E-state index in [4.69, 9.17) is 4.98 Å². The smallest absolute Gasteiger partial charge is 0.117 e. The lowest BCUT2D eigenvalue weighted by Crippen LogP contribution is -2.13. The first kappa shape index (κ1) is 19.4. The first-order chi connectivity index (χ1) is 14.0. The number of nitrogens with zero attached hydrogens (tertiary/aromatic N) is 2. The van der Waals surface area contributed by atoms with Crippen molar-refractivity contribution < 1.29 is 0 Å². The normalized spacial score (nSPS) is 13.7. The molecule has 4 aromatic rings.